The summed E-state index contributed by atoms with van der Waals surface area (Å²) in [7, 11) is 0. The maximum atomic E-state index is 9.75. The second-order valence-electron chi connectivity index (χ2n) is 5.83. The van der Waals surface area contributed by atoms with Crippen LogP contribution in [0.25, 0.3) is 11.3 Å². The van der Waals surface area contributed by atoms with Crippen molar-refractivity contribution in [2.75, 3.05) is 11.6 Å². The van der Waals surface area contributed by atoms with Gasteiger partial charge in [0, 0.05) is 16.3 Å². The van der Waals surface area contributed by atoms with Crippen molar-refractivity contribution in [1.82, 2.24) is 9.97 Å². The van der Waals surface area contributed by atoms with Crippen LogP contribution in [0.4, 0.5) is 11.5 Å². The molecule has 0 radical (unpaired) electrons. The van der Waals surface area contributed by atoms with Crippen LogP contribution in [0.2, 0.25) is 5.02 Å². The molecule has 6 heteroatoms. The van der Waals surface area contributed by atoms with Crippen LogP contribution in [-0.4, -0.2) is 16.2 Å². The van der Waals surface area contributed by atoms with Gasteiger partial charge in [-0.05, 0) is 55.5 Å². The lowest BCUT2D eigenvalue weighted by atomic mass is 10.1. The Morgan fingerprint density at radius 1 is 1.04 bits per heavy atom. The van der Waals surface area contributed by atoms with Crippen LogP contribution in [0.5, 0.6) is 0 Å². The molecule has 4 nitrogen and oxygen atoms in total. The number of nitrogens with one attached hydrogen (secondary N) is 1. The van der Waals surface area contributed by atoms with Crippen LogP contribution in [0.3, 0.4) is 0 Å². The summed E-state index contributed by atoms with van der Waals surface area (Å²) in [6.45, 7) is 4.12. The van der Waals surface area contributed by atoms with Crippen LogP contribution in [-0.2, 0) is 0 Å². The molecule has 0 amide bonds. The van der Waals surface area contributed by atoms with Crippen molar-refractivity contribution in [2.24, 2.45) is 0 Å². The number of aromatic nitrogens is 2. The third kappa shape index (κ3) is 3.82. The first-order valence-electron chi connectivity index (χ1n) is 7.98. The maximum absolute atomic E-state index is 9.75. The molecule has 0 spiro atoms. The van der Waals surface area contributed by atoms with E-state index in [0.717, 1.165) is 11.3 Å². The molecule has 0 saturated heterocycles. The highest BCUT2D eigenvalue weighted by molar-refractivity contribution is 7.98. The topological polar surface area (TPSA) is 61.6 Å². The molecule has 0 aliphatic rings. The third-order valence-corrected chi connectivity index (χ3v) is 4.87. The highest BCUT2D eigenvalue weighted by Crippen LogP contribution is 2.31. The summed E-state index contributed by atoms with van der Waals surface area (Å²) >= 11 is 7.42. The monoisotopic (exact) mass is 380 g/mol. The fraction of sp³-hybridized carbons (Fsp3) is 0.150. The number of hydrogen-bond acceptors (Lipinski definition) is 5. The molecule has 1 aromatic heterocycles. The van der Waals surface area contributed by atoms with Gasteiger partial charge in [0.05, 0.1) is 5.69 Å². The summed E-state index contributed by atoms with van der Waals surface area (Å²) in [5.74, 6) is 0.500. The van der Waals surface area contributed by atoms with Gasteiger partial charge < -0.3 is 5.32 Å². The predicted molar refractivity (Wildman–Crippen MR) is 108 cm³/mol. The molecule has 0 saturated carbocycles. The fourth-order valence-corrected chi connectivity index (χ4v) is 2.99. The summed E-state index contributed by atoms with van der Waals surface area (Å²) in [5, 5.41) is 14.3. The molecule has 0 unspecified atom stereocenters. The minimum absolute atomic E-state index is 0.406. The number of benzene rings is 2. The van der Waals surface area contributed by atoms with Gasteiger partial charge in [-0.25, -0.2) is 9.97 Å². The molecule has 1 heterocycles. The van der Waals surface area contributed by atoms with Gasteiger partial charge in [-0.3, -0.25) is 0 Å². The normalized spacial score (nSPS) is 10.4. The van der Waals surface area contributed by atoms with E-state index in [1.54, 1.807) is 12.1 Å². The smallest absolute Gasteiger partial charge is 0.189 e. The predicted octanol–water partition coefficient (Wildman–Crippen LogP) is 5.75. The molecule has 3 rings (SSSR count). The van der Waals surface area contributed by atoms with Gasteiger partial charge in [0.15, 0.2) is 11.0 Å². The van der Waals surface area contributed by atoms with Crippen LogP contribution < -0.4 is 5.32 Å². The molecule has 0 fully saturated rings. The molecule has 130 valence electrons. The third-order valence-electron chi connectivity index (χ3n) is 4.07. The largest absolute Gasteiger partial charge is 0.339 e. The van der Waals surface area contributed by atoms with Gasteiger partial charge >= 0.3 is 0 Å². The van der Waals surface area contributed by atoms with E-state index in [0.29, 0.717) is 27.3 Å². The minimum atomic E-state index is 0.406. The zero-order valence-electron chi connectivity index (χ0n) is 14.7. The Balaban J connectivity index is 2.12. The fourth-order valence-electron chi connectivity index (χ4n) is 2.50. The second kappa shape index (κ2) is 7.77. The number of hydrogen-bond donors (Lipinski definition) is 1. The summed E-state index contributed by atoms with van der Waals surface area (Å²) in [5.41, 5.74) is 5.10. The number of halogens is 1. The molecule has 0 atom stereocenters. The molecule has 0 bridgehead atoms. The van der Waals surface area contributed by atoms with Crippen LogP contribution in [0, 0.1) is 25.2 Å². The molecule has 26 heavy (non-hydrogen) atoms. The Hall–Kier alpha value is -2.55. The summed E-state index contributed by atoms with van der Waals surface area (Å²) in [4.78, 5) is 9.05. The number of aryl methyl sites for hydroxylation is 2. The van der Waals surface area contributed by atoms with Gasteiger partial charge in [0.25, 0.3) is 0 Å². The molecule has 3 aromatic rings. The molecule has 1 N–H and O–H groups in total. The lowest BCUT2D eigenvalue weighted by Crippen LogP contribution is -2.03. The van der Waals surface area contributed by atoms with E-state index in [-0.39, 0.29) is 0 Å². The van der Waals surface area contributed by atoms with E-state index in [2.05, 4.69) is 35.2 Å². The highest BCUT2D eigenvalue weighted by Gasteiger charge is 2.16. The average molecular weight is 381 g/mol. The van der Waals surface area contributed by atoms with Crippen molar-refractivity contribution < 1.29 is 0 Å². The van der Waals surface area contributed by atoms with Gasteiger partial charge in [0.2, 0.25) is 0 Å². The van der Waals surface area contributed by atoms with Gasteiger partial charge in [-0.15, -0.1) is 0 Å². The summed E-state index contributed by atoms with van der Waals surface area (Å²) in [6.07, 6.45) is 1.91. The Labute approximate surface area is 162 Å². The number of thioether (sulfide) groups is 1. The first-order valence-corrected chi connectivity index (χ1v) is 9.58. The van der Waals surface area contributed by atoms with E-state index in [9.17, 15) is 5.26 Å². The van der Waals surface area contributed by atoms with Crippen LogP contribution >= 0.6 is 23.4 Å². The lowest BCUT2D eigenvalue weighted by molar-refractivity contribution is 0.975. The first-order chi connectivity index (χ1) is 12.5. The number of nitriles is 1. The van der Waals surface area contributed by atoms with Gasteiger partial charge in [0.1, 0.15) is 11.6 Å². The Bertz CT molecular complexity index is 994. The zero-order valence-corrected chi connectivity index (χ0v) is 16.2. The van der Waals surface area contributed by atoms with Crippen LogP contribution in [0.15, 0.2) is 47.6 Å². The van der Waals surface area contributed by atoms with Crippen molar-refractivity contribution in [1.29, 1.82) is 5.26 Å². The standard InChI is InChI=1S/C20H17ClN4S/c1-12-4-9-16(10-13(12)2)23-19-17(11-22)18(24-20(25-19)26-3)14-5-7-15(21)8-6-14/h4-10H,1-3H3,(H,23,24,25). The zero-order chi connectivity index (χ0) is 18.7. The molecule has 2 aromatic carbocycles. The molecular weight excluding hydrogens is 364 g/mol. The Morgan fingerprint density at radius 2 is 1.77 bits per heavy atom. The maximum Gasteiger partial charge on any atom is 0.189 e. The van der Waals surface area contributed by atoms with E-state index in [1.165, 1.54) is 22.9 Å². The van der Waals surface area contributed by atoms with Crippen molar-refractivity contribution in [2.45, 2.75) is 19.0 Å². The molecular formula is C20H17ClN4S. The average Bonchev–Trinajstić information content (AvgIpc) is 2.64. The van der Waals surface area contributed by atoms with E-state index in [4.69, 9.17) is 11.6 Å². The van der Waals surface area contributed by atoms with Crippen molar-refractivity contribution in [3.63, 3.8) is 0 Å². The van der Waals surface area contributed by atoms with Crippen molar-refractivity contribution >= 4 is 34.9 Å². The van der Waals surface area contributed by atoms with E-state index < -0.39 is 0 Å². The van der Waals surface area contributed by atoms with E-state index in [1.807, 2.05) is 36.6 Å². The quantitative estimate of drug-likeness (QED) is 0.461. The molecule has 0 aliphatic carbocycles. The lowest BCUT2D eigenvalue weighted by Gasteiger charge is -2.13. The molecule has 0 aliphatic heterocycles. The minimum Gasteiger partial charge on any atom is -0.339 e. The van der Waals surface area contributed by atoms with Crippen LogP contribution in [0.1, 0.15) is 16.7 Å². The van der Waals surface area contributed by atoms with Gasteiger partial charge in [-0.1, -0.05) is 41.6 Å². The number of anilines is 2. The van der Waals surface area contributed by atoms with Gasteiger partial charge in [-0.2, -0.15) is 5.26 Å². The first kappa shape index (κ1) is 18.2. The summed E-state index contributed by atoms with van der Waals surface area (Å²) in [6, 6.07) is 15.6. The Morgan fingerprint density at radius 3 is 2.38 bits per heavy atom. The second-order valence-corrected chi connectivity index (χ2v) is 7.04. The highest BCUT2D eigenvalue weighted by atomic mass is 35.5. The number of nitrogens with zero attached hydrogens (tertiary/aromatic N) is 3. The van der Waals surface area contributed by atoms with Crippen molar-refractivity contribution in [3.05, 3.63) is 64.2 Å². The van der Waals surface area contributed by atoms with Crippen molar-refractivity contribution in [3.8, 4) is 17.3 Å². The Kier molecular flexibility index (Phi) is 5.46. The van der Waals surface area contributed by atoms with E-state index >= 15 is 0 Å². The SMILES string of the molecule is CSc1nc(Nc2ccc(C)c(C)c2)c(C#N)c(-c2ccc(Cl)cc2)n1. The summed E-state index contributed by atoms with van der Waals surface area (Å²) < 4.78 is 0. The number of rotatable bonds is 4.